The fourth-order valence-corrected chi connectivity index (χ4v) is 5.11. The lowest BCUT2D eigenvalue weighted by Gasteiger charge is -2.28. The molecule has 31 heavy (non-hydrogen) atoms. The molecule has 0 bridgehead atoms. The standard InChI is InChI=1S/C23H20ClFN2O3S/c24-19-4-9-22(10-5-19)31(29,30)27-12-11-17-3-8-21(14-18(17)15-27)26-23(28)13-16-1-6-20(25)7-2-16/h1-10,14H,11-13,15H2,(H,26,28). The first-order valence-corrected chi connectivity index (χ1v) is 11.5. The average Bonchev–Trinajstić information content (AvgIpc) is 2.75. The lowest BCUT2D eigenvalue weighted by atomic mass is 10.0. The van der Waals surface area contributed by atoms with E-state index in [9.17, 15) is 17.6 Å². The van der Waals surface area contributed by atoms with Crippen molar-refractivity contribution in [1.82, 2.24) is 4.31 Å². The monoisotopic (exact) mass is 458 g/mol. The van der Waals surface area contributed by atoms with Gasteiger partial charge in [-0.15, -0.1) is 0 Å². The molecule has 0 saturated carbocycles. The number of anilines is 1. The van der Waals surface area contributed by atoms with Crippen LogP contribution in [0.25, 0.3) is 0 Å². The first-order chi connectivity index (χ1) is 14.8. The van der Waals surface area contributed by atoms with Crippen LogP contribution in [0.15, 0.2) is 71.6 Å². The Bertz CT molecular complexity index is 1210. The van der Waals surface area contributed by atoms with E-state index >= 15 is 0 Å². The number of fused-ring (bicyclic) bond motifs is 1. The summed E-state index contributed by atoms with van der Waals surface area (Å²) in [5.74, 6) is -0.579. The van der Waals surface area contributed by atoms with Crippen molar-refractivity contribution in [2.75, 3.05) is 11.9 Å². The second-order valence-electron chi connectivity index (χ2n) is 7.38. The molecule has 0 saturated heterocycles. The summed E-state index contributed by atoms with van der Waals surface area (Å²) in [4.78, 5) is 12.5. The Morgan fingerprint density at radius 3 is 2.42 bits per heavy atom. The largest absolute Gasteiger partial charge is 0.326 e. The highest BCUT2D eigenvalue weighted by molar-refractivity contribution is 7.89. The molecular weight excluding hydrogens is 439 g/mol. The van der Waals surface area contributed by atoms with Crippen molar-refractivity contribution in [2.24, 2.45) is 0 Å². The van der Waals surface area contributed by atoms with Crippen molar-refractivity contribution in [2.45, 2.75) is 24.3 Å². The van der Waals surface area contributed by atoms with Gasteiger partial charge in [0.1, 0.15) is 5.82 Å². The summed E-state index contributed by atoms with van der Waals surface area (Å²) in [5.41, 5.74) is 3.20. The molecule has 0 aliphatic carbocycles. The summed E-state index contributed by atoms with van der Waals surface area (Å²) in [6.45, 7) is 0.607. The number of carbonyl (C=O) groups excluding carboxylic acids is 1. The van der Waals surface area contributed by atoms with Gasteiger partial charge in [-0.2, -0.15) is 4.31 Å². The molecule has 0 fully saturated rings. The van der Waals surface area contributed by atoms with E-state index in [1.165, 1.54) is 28.6 Å². The van der Waals surface area contributed by atoms with E-state index in [-0.39, 0.29) is 29.6 Å². The SMILES string of the molecule is O=C(Cc1ccc(F)cc1)Nc1ccc2c(c1)CN(S(=O)(=O)c1ccc(Cl)cc1)CC2. The molecule has 1 aliphatic heterocycles. The molecule has 0 radical (unpaired) electrons. The van der Waals surface area contributed by atoms with Crippen LogP contribution in [-0.4, -0.2) is 25.2 Å². The molecular formula is C23H20ClFN2O3S. The fourth-order valence-electron chi connectivity index (χ4n) is 3.56. The van der Waals surface area contributed by atoms with Crippen LogP contribution in [-0.2, 0) is 34.2 Å². The summed E-state index contributed by atoms with van der Waals surface area (Å²) in [6, 6.07) is 17.4. The third-order valence-corrected chi connectivity index (χ3v) is 7.31. The van der Waals surface area contributed by atoms with Crippen molar-refractivity contribution in [1.29, 1.82) is 0 Å². The smallest absolute Gasteiger partial charge is 0.243 e. The zero-order chi connectivity index (χ0) is 22.0. The zero-order valence-corrected chi connectivity index (χ0v) is 18.1. The van der Waals surface area contributed by atoms with Gasteiger partial charge < -0.3 is 5.32 Å². The van der Waals surface area contributed by atoms with Gasteiger partial charge in [0, 0.05) is 23.8 Å². The number of sulfonamides is 1. The van der Waals surface area contributed by atoms with Gasteiger partial charge in [-0.3, -0.25) is 4.79 Å². The minimum absolute atomic E-state index is 0.119. The number of carbonyl (C=O) groups is 1. The maximum atomic E-state index is 13.0. The summed E-state index contributed by atoms with van der Waals surface area (Å²) < 4.78 is 40.4. The fraction of sp³-hybridized carbons (Fsp3) is 0.174. The molecule has 1 aliphatic rings. The van der Waals surface area contributed by atoms with E-state index in [4.69, 9.17) is 11.6 Å². The third-order valence-electron chi connectivity index (χ3n) is 5.20. The number of rotatable bonds is 5. The minimum Gasteiger partial charge on any atom is -0.326 e. The molecule has 1 N–H and O–H groups in total. The summed E-state index contributed by atoms with van der Waals surface area (Å²) in [7, 11) is -3.64. The first-order valence-electron chi connectivity index (χ1n) is 9.73. The number of nitrogens with zero attached hydrogens (tertiary/aromatic N) is 1. The van der Waals surface area contributed by atoms with Crippen LogP contribution in [0, 0.1) is 5.82 Å². The van der Waals surface area contributed by atoms with E-state index in [1.54, 1.807) is 30.3 Å². The first kappa shape index (κ1) is 21.5. The highest BCUT2D eigenvalue weighted by Gasteiger charge is 2.28. The van der Waals surface area contributed by atoms with E-state index in [2.05, 4.69) is 5.32 Å². The van der Waals surface area contributed by atoms with Crippen LogP contribution in [0.2, 0.25) is 5.02 Å². The number of halogens is 2. The van der Waals surface area contributed by atoms with E-state index in [1.807, 2.05) is 12.1 Å². The predicted octanol–water partition coefficient (Wildman–Crippen LogP) is 4.41. The number of hydrogen-bond acceptors (Lipinski definition) is 3. The van der Waals surface area contributed by atoms with Crippen molar-refractivity contribution in [3.8, 4) is 0 Å². The normalized spacial score (nSPS) is 14.1. The zero-order valence-electron chi connectivity index (χ0n) is 16.5. The van der Waals surface area contributed by atoms with Crippen molar-refractivity contribution >= 4 is 33.2 Å². The van der Waals surface area contributed by atoms with E-state index < -0.39 is 10.0 Å². The average molecular weight is 459 g/mol. The Kier molecular flexibility index (Phi) is 6.09. The van der Waals surface area contributed by atoms with E-state index in [0.29, 0.717) is 29.2 Å². The van der Waals surface area contributed by atoms with Crippen molar-refractivity contribution < 1.29 is 17.6 Å². The highest BCUT2D eigenvalue weighted by atomic mass is 35.5. The Hall–Kier alpha value is -2.74. The van der Waals surface area contributed by atoms with Crippen LogP contribution in [0.4, 0.5) is 10.1 Å². The predicted molar refractivity (Wildman–Crippen MR) is 118 cm³/mol. The lowest BCUT2D eigenvalue weighted by Crippen LogP contribution is -2.36. The Morgan fingerprint density at radius 2 is 1.71 bits per heavy atom. The molecule has 0 aromatic heterocycles. The van der Waals surface area contributed by atoms with Crippen molar-refractivity contribution in [3.63, 3.8) is 0 Å². The molecule has 0 atom stereocenters. The summed E-state index contributed by atoms with van der Waals surface area (Å²) >= 11 is 5.87. The Balaban J connectivity index is 1.48. The maximum Gasteiger partial charge on any atom is 0.243 e. The van der Waals surface area contributed by atoms with Crippen LogP contribution < -0.4 is 5.32 Å². The lowest BCUT2D eigenvalue weighted by molar-refractivity contribution is -0.115. The van der Waals surface area contributed by atoms with E-state index in [0.717, 1.165) is 11.1 Å². The number of hydrogen-bond donors (Lipinski definition) is 1. The molecule has 8 heteroatoms. The van der Waals surface area contributed by atoms with Gasteiger partial charge in [-0.05, 0) is 71.6 Å². The van der Waals surface area contributed by atoms with Crippen LogP contribution in [0.1, 0.15) is 16.7 Å². The summed E-state index contributed by atoms with van der Waals surface area (Å²) in [6.07, 6.45) is 0.709. The quantitative estimate of drug-likeness (QED) is 0.616. The third kappa shape index (κ3) is 4.95. The van der Waals surface area contributed by atoms with Gasteiger partial charge in [0.2, 0.25) is 15.9 Å². The van der Waals surface area contributed by atoms with Gasteiger partial charge in [-0.25, -0.2) is 12.8 Å². The molecule has 4 rings (SSSR count). The van der Waals surface area contributed by atoms with Crippen LogP contribution >= 0.6 is 11.6 Å². The number of amides is 1. The van der Waals surface area contributed by atoms with Gasteiger partial charge in [0.25, 0.3) is 0 Å². The topological polar surface area (TPSA) is 66.5 Å². The molecule has 5 nitrogen and oxygen atoms in total. The maximum absolute atomic E-state index is 13.0. The van der Waals surface area contributed by atoms with Gasteiger partial charge >= 0.3 is 0 Å². The van der Waals surface area contributed by atoms with Crippen molar-refractivity contribution in [3.05, 3.63) is 94.3 Å². The molecule has 1 amide bonds. The van der Waals surface area contributed by atoms with Gasteiger partial charge in [0.15, 0.2) is 0 Å². The highest BCUT2D eigenvalue weighted by Crippen LogP contribution is 2.27. The molecule has 3 aromatic carbocycles. The Morgan fingerprint density at radius 1 is 1.00 bits per heavy atom. The van der Waals surface area contributed by atoms with Gasteiger partial charge in [0.05, 0.1) is 11.3 Å². The molecule has 3 aromatic rings. The second kappa shape index (κ2) is 8.78. The number of benzene rings is 3. The molecule has 1 heterocycles. The van der Waals surface area contributed by atoms with Crippen LogP contribution in [0.5, 0.6) is 0 Å². The second-order valence-corrected chi connectivity index (χ2v) is 9.75. The molecule has 0 spiro atoms. The van der Waals surface area contributed by atoms with Crippen LogP contribution in [0.3, 0.4) is 0 Å². The summed E-state index contributed by atoms with van der Waals surface area (Å²) in [5, 5.41) is 3.31. The number of nitrogens with one attached hydrogen (secondary N) is 1. The van der Waals surface area contributed by atoms with Gasteiger partial charge in [-0.1, -0.05) is 29.8 Å². The molecule has 0 unspecified atom stereocenters. The minimum atomic E-state index is -3.64. The Labute approximate surface area is 185 Å². The molecule has 160 valence electrons.